The number of rotatable bonds is 2. The molecular weight excluding hydrogens is 323 g/mol. The van der Waals surface area contributed by atoms with Gasteiger partial charge in [-0.1, -0.05) is 44.0 Å². The van der Waals surface area contributed by atoms with Gasteiger partial charge in [0.15, 0.2) is 5.82 Å². The lowest BCUT2D eigenvalue weighted by Crippen LogP contribution is -2.43. The predicted octanol–water partition coefficient (Wildman–Crippen LogP) is 3.90. The van der Waals surface area contributed by atoms with Crippen LogP contribution in [-0.2, 0) is 4.79 Å². The molecule has 3 atom stereocenters. The van der Waals surface area contributed by atoms with Gasteiger partial charge in [0.2, 0.25) is 5.91 Å². The second-order valence-electron chi connectivity index (χ2n) is 7.28. The van der Waals surface area contributed by atoms with Gasteiger partial charge < -0.3 is 10.4 Å². The predicted molar refractivity (Wildman–Crippen MR) is 87.1 cm³/mol. The van der Waals surface area contributed by atoms with E-state index in [0.29, 0.717) is 22.3 Å². The number of anilines is 1. The Morgan fingerprint density at radius 1 is 1.36 bits per heavy atom. The molecule has 2 bridgehead atoms. The number of aliphatic hydroxyl groups excluding tert-OH is 1. The fraction of sp³-hybridized carbons (Fsp3) is 0.625. The zero-order valence-corrected chi connectivity index (χ0v) is 14.4. The van der Waals surface area contributed by atoms with Crippen molar-refractivity contribution in [3.63, 3.8) is 0 Å². The maximum absolute atomic E-state index is 13.0. The second-order valence-corrected chi connectivity index (χ2v) is 8.13. The topological polar surface area (TPSA) is 62.2 Å². The summed E-state index contributed by atoms with van der Waals surface area (Å²) in [7, 11) is 0. The number of pyridine rings is 1. The van der Waals surface area contributed by atoms with Gasteiger partial charge in [-0.05, 0) is 36.2 Å². The molecule has 1 aromatic heterocycles. The molecule has 0 radical (unpaired) electrons. The molecule has 1 aromatic rings. The Morgan fingerprint density at radius 2 is 2.05 bits per heavy atom. The van der Waals surface area contributed by atoms with Gasteiger partial charge in [-0.15, -0.1) is 0 Å². The molecule has 2 N–H and O–H groups in total. The van der Waals surface area contributed by atoms with Crippen molar-refractivity contribution >= 4 is 34.9 Å². The lowest BCUT2D eigenvalue weighted by atomic mass is 9.64. The van der Waals surface area contributed by atoms with Gasteiger partial charge >= 0.3 is 0 Å². The van der Waals surface area contributed by atoms with Crippen LogP contribution >= 0.6 is 23.2 Å². The number of hydrogen-bond acceptors (Lipinski definition) is 3. The summed E-state index contributed by atoms with van der Waals surface area (Å²) in [5.74, 6) is 0.200. The normalized spacial score (nSPS) is 35.6. The molecular formula is C16H20Cl2N2O2. The van der Waals surface area contributed by atoms with Gasteiger partial charge in [0.1, 0.15) is 0 Å². The third-order valence-electron chi connectivity index (χ3n) is 6.45. The number of amides is 1. The van der Waals surface area contributed by atoms with E-state index >= 15 is 0 Å². The first kappa shape index (κ1) is 16.0. The zero-order valence-electron chi connectivity index (χ0n) is 12.9. The summed E-state index contributed by atoms with van der Waals surface area (Å²) in [6, 6.07) is 1.55. The van der Waals surface area contributed by atoms with Crippen LogP contribution in [0.15, 0.2) is 12.3 Å². The molecule has 0 saturated heterocycles. The van der Waals surface area contributed by atoms with E-state index in [1.54, 1.807) is 6.07 Å². The van der Waals surface area contributed by atoms with Crippen molar-refractivity contribution in [2.24, 2.45) is 16.2 Å². The molecule has 2 fully saturated rings. The summed E-state index contributed by atoms with van der Waals surface area (Å²) in [6.07, 6.45) is 3.08. The van der Waals surface area contributed by atoms with Crippen molar-refractivity contribution in [1.82, 2.24) is 4.98 Å². The minimum absolute atomic E-state index is 0.116. The Balaban J connectivity index is 1.93. The van der Waals surface area contributed by atoms with Crippen molar-refractivity contribution in [2.75, 3.05) is 5.32 Å². The molecule has 0 aliphatic heterocycles. The smallest absolute Gasteiger partial charge is 0.232 e. The van der Waals surface area contributed by atoms with Crippen molar-refractivity contribution in [3.8, 4) is 0 Å². The largest absolute Gasteiger partial charge is 0.393 e. The average Bonchev–Trinajstić information content (AvgIpc) is 2.72. The molecule has 1 heterocycles. The minimum atomic E-state index is -0.591. The summed E-state index contributed by atoms with van der Waals surface area (Å²) >= 11 is 11.9. The fourth-order valence-corrected chi connectivity index (χ4v) is 4.79. The Kier molecular flexibility index (Phi) is 3.52. The Bertz CT molecular complexity index is 649. The van der Waals surface area contributed by atoms with Gasteiger partial charge in [0.05, 0.1) is 21.6 Å². The van der Waals surface area contributed by atoms with Gasteiger partial charge in [-0.25, -0.2) is 4.98 Å². The van der Waals surface area contributed by atoms with Crippen LogP contribution in [0.3, 0.4) is 0 Å². The molecule has 0 unspecified atom stereocenters. The Morgan fingerprint density at radius 3 is 2.55 bits per heavy atom. The van der Waals surface area contributed by atoms with E-state index in [2.05, 4.69) is 31.1 Å². The summed E-state index contributed by atoms with van der Waals surface area (Å²) in [4.78, 5) is 17.1. The lowest BCUT2D eigenvalue weighted by Gasteiger charge is -2.40. The van der Waals surface area contributed by atoms with Crippen LogP contribution < -0.4 is 5.32 Å². The van der Waals surface area contributed by atoms with E-state index < -0.39 is 11.5 Å². The maximum atomic E-state index is 13.0. The van der Waals surface area contributed by atoms with Crippen LogP contribution in [0, 0.1) is 16.2 Å². The molecule has 2 aliphatic rings. The number of aromatic nitrogens is 1. The van der Waals surface area contributed by atoms with Gasteiger partial charge in [0, 0.05) is 6.20 Å². The quantitative estimate of drug-likeness (QED) is 0.856. The molecule has 4 nitrogen and oxygen atoms in total. The van der Waals surface area contributed by atoms with E-state index in [4.69, 9.17) is 23.2 Å². The number of nitrogens with one attached hydrogen (secondary N) is 1. The highest BCUT2D eigenvalue weighted by Gasteiger charge is 2.72. The van der Waals surface area contributed by atoms with E-state index in [9.17, 15) is 9.90 Å². The first-order valence-electron chi connectivity index (χ1n) is 7.45. The summed E-state index contributed by atoms with van der Waals surface area (Å²) in [5, 5.41) is 14.0. The summed E-state index contributed by atoms with van der Waals surface area (Å²) in [6.45, 7) is 6.23. The molecule has 3 rings (SSSR count). The molecule has 6 heteroatoms. The highest BCUT2D eigenvalue weighted by molar-refractivity contribution is 6.36. The Labute approximate surface area is 140 Å². The number of carbonyl (C=O) groups excluding carboxylic acids is 1. The van der Waals surface area contributed by atoms with E-state index in [1.807, 2.05) is 0 Å². The van der Waals surface area contributed by atoms with Crippen LogP contribution in [0.5, 0.6) is 0 Å². The first-order valence-corrected chi connectivity index (χ1v) is 8.20. The molecule has 120 valence electrons. The third-order valence-corrected chi connectivity index (χ3v) is 6.94. The summed E-state index contributed by atoms with van der Waals surface area (Å²) < 4.78 is 0. The number of hydrogen-bond donors (Lipinski definition) is 2. The maximum Gasteiger partial charge on any atom is 0.232 e. The average molecular weight is 343 g/mol. The van der Waals surface area contributed by atoms with Crippen LogP contribution in [0.1, 0.15) is 40.0 Å². The van der Waals surface area contributed by atoms with Crippen LogP contribution in [0.25, 0.3) is 0 Å². The fourth-order valence-electron chi connectivity index (χ4n) is 4.36. The van der Waals surface area contributed by atoms with Crippen molar-refractivity contribution in [3.05, 3.63) is 22.3 Å². The number of fused-ring (bicyclic) bond motifs is 2. The molecule has 2 saturated carbocycles. The van der Waals surface area contributed by atoms with E-state index in [1.165, 1.54) is 6.20 Å². The highest BCUT2D eigenvalue weighted by Crippen LogP contribution is 2.72. The van der Waals surface area contributed by atoms with Crippen molar-refractivity contribution < 1.29 is 9.90 Å². The van der Waals surface area contributed by atoms with Crippen LogP contribution in [0.2, 0.25) is 10.0 Å². The number of aliphatic hydroxyl groups is 1. The van der Waals surface area contributed by atoms with E-state index in [0.717, 1.165) is 12.8 Å². The van der Waals surface area contributed by atoms with Crippen molar-refractivity contribution in [2.45, 2.75) is 46.1 Å². The van der Waals surface area contributed by atoms with E-state index in [-0.39, 0.29) is 16.7 Å². The zero-order chi connectivity index (χ0) is 16.3. The Hall–Kier alpha value is -0.840. The van der Waals surface area contributed by atoms with Crippen LogP contribution in [0.4, 0.5) is 5.82 Å². The number of carbonyl (C=O) groups is 1. The van der Waals surface area contributed by atoms with Crippen LogP contribution in [-0.4, -0.2) is 22.1 Å². The monoisotopic (exact) mass is 342 g/mol. The van der Waals surface area contributed by atoms with Gasteiger partial charge in [-0.2, -0.15) is 0 Å². The number of halogens is 2. The molecule has 0 spiro atoms. The molecule has 22 heavy (non-hydrogen) atoms. The highest BCUT2D eigenvalue weighted by atomic mass is 35.5. The summed E-state index contributed by atoms with van der Waals surface area (Å²) in [5.41, 5.74) is -1.12. The lowest BCUT2D eigenvalue weighted by molar-refractivity contribution is -0.130. The third kappa shape index (κ3) is 1.87. The second kappa shape index (κ2) is 4.83. The molecule has 1 amide bonds. The van der Waals surface area contributed by atoms with Crippen molar-refractivity contribution in [1.29, 1.82) is 0 Å². The molecule has 2 aliphatic carbocycles. The first-order chi connectivity index (χ1) is 10.1. The number of nitrogens with zero attached hydrogens (tertiary/aromatic N) is 1. The van der Waals surface area contributed by atoms with Gasteiger partial charge in [-0.3, -0.25) is 4.79 Å². The van der Waals surface area contributed by atoms with Gasteiger partial charge in [0.25, 0.3) is 0 Å². The standard InChI is InChI=1S/C16H20Cl2N2O2/c1-14(2)15(3)4-5-16(14,7-11(15)21)13(22)20-12-10(18)6-9(17)8-19-12/h6,8,11,21H,4-5,7H2,1-3H3,(H,19,20,22)/t11-,15+,16-/m1/s1. The molecule has 0 aromatic carbocycles. The minimum Gasteiger partial charge on any atom is -0.393 e. The SMILES string of the molecule is CC1(C)[C@]2(C(=O)Nc3ncc(Cl)cc3Cl)CC[C@@]1(C)[C@H](O)C2.